The second kappa shape index (κ2) is 5.67. The number of rotatable bonds is 5. The van der Waals surface area contributed by atoms with Crippen molar-refractivity contribution in [1.82, 2.24) is 5.48 Å². The number of carbonyl (C=O) groups is 2. The molecule has 0 aliphatic heterocycles. The number of primary amides is 1. The van der Waals surface area contributed by atoms with Crippen molar-refractivity contribution in [2.24, 2.45) is 5.73 Å². The van der Waals surface area contributed by atoms with Crippen LogP contribution >= 0.6 is 0 Å². The quantitative estimate of drug-likeness (QED) is 0.288. The van der Waals surface area contributed by atoms with E-state index >= 15 is 0 Å². The fourth-order valence-electron chi connectivity index (χ4n) is 0.641. The van der Waals surface area contributed by atoms with Crippen LogP contribution in [0.5, 0.6) is 0 Å². The molecule has 0 saturated heterocycles. The van der Waals surface area contributed by atoms with Gasteiger partial charge in [-0.25, -0.2) is 5.48 Å². The van der Waals surface area contributed by atoms with E-state index in [9.17, 15) is 9.59 Å². The van der Waals surface area contributed by atoms with Crippen molar-refractivity contribution in [3.05, 3.63) is 0 Å². The van der Waals surface area contributed by atoms with Gasteiger partial charge in [0.1, 0.15) is 0 Å². The molecule has 4 N–H and O–H groups in total. The molecule has 0 unspecified atom stereocenters. The van der Waals surface area contributed by atoms with Gasteiger partial charge in [0.2, 0.25) is 11.8 Å². The predicted molar refractivity (Wildman–Crippen MR) is 37.6 cm³/mol. The van der Waals surface area contributed by atoms with E-state index in [-0.39, 0.29) is 12.3 Å². The molecular weight excluding hydrogens is 148 g/mol. The number of nitrogens with two attached hydrogens (primary N) is 1. The molecule has 0 aliphatic rings. The smallest absolute Gasteiger partial charge is 0.243 e. The number of hydroxylamine groups is 1. The first-order chi connectivity index (χ1) is 5.16. The van der Waals surface area contributed by atoms with Crippen molar-refractivity contribution in [1.29, 1.82) is 0 Å². The highest BCUT2D eigenvalue weighted by atomic mass is 16.5. The van der Waals surface area contributed by atoms with Gasteiger partial charge in [-0.1, -0.05) is 0 Å². The summed E-state index contributed by atoms with van der Waals surface area (Å²) >= 11 is 0. The minimum Gasteiger partial charge on any atom is -0.370 e. The lowest BCUT2D eigenvalue weighted by Gasteiger charge is -1.96. The molecule has 2 amide bonds. The van der Waals surface area contributed by atoms with Crippen LogP contribution in [0, 0.1) is 0 Å². The third-order valence-corrected chi connectivity index (χ3v) is 1.20. The molecule has 11 heavy (non-hydrogen) atoms. The third kappa shape index (κ3) is 6.79. The summed E-state index contributed by atoms with van der Waals surface area (Å²) < 4.78 is 0. The fourth-order valence-corrected chi connectivity index (χ4v) is 0.641. The van der Waals surface area contributed by atoms with E-state index in [2.05, 4.69) is 0 Å². The molecule has 64 valence electrons. The highest BCUT2D eigenvalue weighted by Crippen LogP contribution is 1.98. The predicted octanol–water partition coefficient (Wildman–Crippen LogP) is -0.463. The average molecular weight is 160 g/mol. The number of hydrogen-bond donors (Lipinski definition) is 3. The van der Waals surface area contributed by atoms with Crippen LogP contribution < -0.4 is 11.2 Å². The Morgan fingerprint density at radius 3 is 2.27 bits per heavy atom. The van der Waals surface area contributed by atoms with E-state index in [0.29, 0.717) is 19.3 Å². The maximum absolute atomic E-state index is 10.4. The van der Waals surface area contributed by atoms with Crippen molar-refractivity contribution in [2.45, 2.75) is 25.7 Å². The van der Waals surface area contributed by atoms with E-state index in [0.717, 1.165) is 0 Å². The Balaban J connectivity index is 3.14. The second-order valence-electron chi connectivity index (χ2n) is 2.21. The number of carbonyl (C=O) groups excluding carboxylic acids is 2. The average Bonchev–Trinajstić information content (AvgIpc) is 1.97. The molecule has 0 heterocycles. The lowest BCUT2D eigenvalue weighted by atomic mass is 10.2. The van der Waals surface area contributed by atoms with Crippen molar-refractivity contribution in [2.75, 3.05) is 0 Å². The molecule has 0 saturated carbocycles. The van der Waals surface area contributed by atoms with Gasteiger partial charge in [-0.15, -0.1) is 0 Å². The Bertz CT molecular complexity index is 147. The van der Waals surface area contributed by atoms with Crippen LogP contribution in [-0.2, 0) is 9.59 Å². The van der Waals surface area contributed by atoms with Crippen LogP contribution in [0.2, 0.25) is 0 Å². The van der Waals surface area contributed by atoms with Gasteiger partial charge in [0.05, 0.1) is 0 Å². The molecule has 0 fully saturated rings. The monoisotopic (exact) mass is 160 g/mol. The molecule has 0 spiro atoms. The Hall–Kier alpha value is -1.10. The summed E-state index contributed by atoms with van der Waals surface area (Å²) in [7, 11) is 0. The summed E-state index contributed by atoms with van der Waals surface area (Å²) in [4.78, 5) is 20.6. The van der Waals surface area contributed by atoms with Crippen LogP contribution in [0.3, 0.4) is 0 Å². The van der Waals surface area contributed by atoms with E-state index < -0.39 is 5.91 Å². The van der Waals surface area contributed by atoms with Gasteiger partial charge in [0.25, 0.3) is 0 Å². The van der Waals surface area contributed by atoms with E-state index in [4.69, 9.17) is 10.9 Å². The summed E-state index contributed by atoms with van der Waals surface area (Å²) in [6.45, 7) is 0. The third-order valence-electron chi connectivity index (χ3n) is 1.20. The lowest BCUT2D eigenvalue weighted by Crippen LogP contribution is -2.18. The molecule has 0 radical (unpaired) electrons. The lowest BCUT2D eigenvalue weighted by molar-refractivity contribution is -0.129. The van der Waals surface area contributed by atoms with Crippen LogP contribution in [-0.4, -0.2) is 17.0 Å². The first kappa shape index (κ1) is 9.90. The maximum atomic E-state index is 10.4. The Morgan fingerprint density at radius 1 is 1.27 bits per heavy atom. The summed E-state index contributed by atoms with van der Waals surface area (Å²) in [6, 6.07) is 0. The molecule has 0 aromatic rings. The number of hydrogen-bond acceptors (Lipinski definition) is 3. The second-order valence-corrected chi connectivity index (χ2v) is 2.21. The number of unbranched alkanes of at least 4 members (excludes halogenated alkanes) is 1. The van der Waals surface area contributed by atoms with Gasteiger partial charge in [-0.3, -0.25) is 14.8 Å². The zero-order chi connectivity index (χ0) is 8.69. The highest BCUT2D eigenvalue weighted by molar-refractivity contribution is 5.75. The molecular formula is C6H12N2O3. The van der Waals surface area contributed by atoms with Gasteiger partial charge >= 0.3 is 0 Å². The first-order valence-electron chi connectivity index (χ1n) is 3.38. The van der Waals surface area contributed by atoms with Crippen LogP contribution in [0.15, 0.2) is 0 Å². The first-order valence-corrected chi connectivity index (χ1v) is 3.38. The molecule has 0 atom stereocenters. The van der Waals surface area contributed by atoms with Crippen molar-refractivity contribution >= 4 is 11.8 Å². The zero-order valence-electron chi connectivity index (χ0n) is 6.17. The molecule has 0 bridgehead atoms. The Kier molecular flexibility index (Phi) is 5.10. The van der Waals surface area contributed by atoms with Crippen LogP contribution in [0.25, 0.3) is 0 Å². The van der Waals surface area contributed by atoms with Crippen LogP contribution in [0.1, 0.15) is 25.7 Å². The molecule has 5 nitrogen and oxygen atoms in total. The van der Waals surface area contributed by atoms with Gasteiger partial charge < -0.3 is 5.73 Å². The van der Waals surface area contributed by atoms with Gasteiger partial charge in [-0.05, 0) is 12.8 Å². The highest BCUT2D eigenvalue weighted by Gasteiger charge is 1.99. The largest absolute Gasteiger partial charge is 0.370 e. The van der Waals surface area contributed by atoms with Crippen molar-refractivity contribution in [3.8, 4) is 0 Å². The standard InChI is InChI=1S/C6H12N2O3/c7-5(9)3-1-2-4-6(10)8-11/h11H,1-4H2,(H2,7,9)(H,8,10). The Labute approximate surface area is 64.5 Å². The summed E-state index contributed by atoms with van der Waals surface area (Å²) in [5, 5.41) is 8.05. The summed E-state index contributed by atoms with van der Waals surface area (Å²) in [6.07, 6.45) is 1.67. The normalized spacial score (nSPS) is 9.18. The molecule has 0 rings (SSSR count). The molecule has 0 aliphatic carbocycles. The SMILES string of the molecule is NC(=O)CCCCC(=O)NO. The number of amides is 2. The summed E-state index contributed by atoms with van der Waals surface area (Å²) in [5.74, 6) is -0.802. The summed E-state index contributed by atoms with van der Waals surface area (Å²) in [5.41, 5.74) is 6.35. The Morgan fingerprint density at radius 2 is 1.82 bits per heavy atom. The maximum Gasteiger partial charge on any atom is 0.243 e. The minimum atomic E-state index is -0.436. The van der Waals surface area contributed by atoms with Crippen molar-refractivity contribution in [3.63, 3.8) is 0 Å². The van der Waals surface area contributed by atoms with Crippen molar-refractivity contribution < 1.29 is 14.8 Å². The van der Waals surface area contributed by atoms with Gasteiger partial charge in [0, 0.05) is 12.8 Å². The topological polar surface area (TPSA) is 92.4 Å². The van der Waals surface area contributed by atoms with Crippen LogP contribution in [0.4, 0.5) is 0 Å². The van der Waals surface area contributed by atoms with E-state index in [1.807, 2.05) is 0 Å². The zero-order valence-corrected chi connectivity index (χ0v) is 6.17. The molecule has 5 heteroatoms. The molecule has 0 aromatic heterocycles. The van der Waals surface area contributed by atoms with E-state index in [1.54, 1.807) is 0 Å². The van der Waals surface area contributed by atoms with Gasteiger partial charge in [0.15, 0.2) is 0 Å². The fraction of sp³-hybridized carbons (Fsp3) is 0.667. The van der Waals surface area contributed by atoms with E-state index in [1.165, 1.54) is 5.48 Å². The molecule has 0 aromatic carbocycles. The number of nitrogens with one attached hydrogen (secondary N) is 1. The minimum absolute atomic E-state index is 0.226. The van der Waals surface area contributed by atoms with Gasteiger partial charge in [-0.2, -0.15) is 0 Å².